The molecule has 1 amide bonds. The Morgan fingerprint density at radius 3 is 2.68 bits per heavy atom. The molecule has 0 saturated carbocycles. The number of hydrogen-bond acceptors (Lipinski definition) is 7. The van der Waals surface area contributed by atoms with Gasteiger partial charge in [0.15, 0.2) is 0 Å². The fourth-order valence-electron chi connectivity index (χ4n) is 1.71. The number of carbonyl (C=O) groups excluding carboxylic acids is 1. The van der Waals surface area contributed by atoms with E-state index in [1.165, 1.54) is 10.7 Å². The van der Waals surface area contributed by atoms with Gasteiger partial charge in [0.25, 0.3) is 5.69 Å². The van der Waals surface area contributed by atoms with Crippen molar-refractivity contribution in [1.82, 2.24) is 20.2 Å². The molecule has 0 aliphatic heterocycles. The van der Waals surface area contributed by atoms with E-state index in [1.807, 2.05) is 6.92 Å². The van der Waals surface area contributed by atoms with Crippen molar-refractivity contribution in [3.63, 3.8) is 0 Å². The Bertz CT molecular complexity index is 730. The maximum atomic E-state index is 12.0. The van der Waals surface area contributed by atoms with Gasteiger partial charge in [-0.1, -0.05) is 11.8 Å². The van der Waals surface area contributed by atoms with Crippen molar-refractivity contribution >= 4 is 29.0 Å². The summed E-state index contributed by atoms with van der Waals surface area (Å²) in [5.74, 6) is -0.308. The maximum absolute atomic E-state index is 12.0. The van der Waals surface area contributed by atoms with Crippen LogP contribution < -0.4 is 5.32 Å². The maximum Gasteiger partial charge on any atom is 0.293 e. The highest BCUT2D eigenvalue weighted by molar-refractivity contribution is 7.99. The quantitative estimate of drug-likeness (QED) is 0.503. The highest BCUT2D eigenvalue weighted by atomic mass is 32.2. The normalized spacial score (nSPS) is 10.5. The summed E-state index contributed by atoms with van der Waals surface area (Å²) >= 11 is 1.15. The first-order valence-electron chi connectivity index (χ1n) is 6.29. The van der Waals surface area contributed by atoms with Crippen LogP contribution in [0.2, 0.25) is 0 Å². The number of hydrogen-bond donors (Lipinski definition) is 1. The second-order valence-corrected chi connectivity index (χ2v) is 5.58. The van der Waals surface area contributed by atoms with Crippen LogP contribution in [0.4, 0.5) is 11.4 Å². The topological polar surface area (TPSA) is 116 Å². The number of nitro groups is 1. The molecule has 2 rings (SSSR count). The minimum absolute atomic E-state index is 0.0539. The molecule has 0 aliphatic rings. The van der Waals surface area contributed by atoms with Crippen LogP contribution in [0.1, 0.15) is 11.1 Å². The second-order valence-electron chi connectivity index (χ2n) is 4.63. The first kappa shape index (κ1) is 15.9. The van der Waals surface area contributed by atoms with Crippen LogP contribution in [0.15, 0.2) is 17.3 Å². The number of rotatable bonds is 5. The Morgan fingerprint density at radius 2 is 2.09 bits per heavy atom. The Morgan fingerprint density at radius 1 is 1.41 bits per heavy atom. The number of anilines is 1. The number of aromatic nitrogens is 4. The average molecular weight is 322 g/mol. The molecule has 0 saturated heterocycles. The molecule has 0 fully saturated rings. The molecule has 0 radical (unpaired) electrons. The fraction of sp³-hybridized carbons (Fsp3) is 0.333. The summed E-state index contributed by atoms with van der Waals surface area (Å²) in [6.07, 6.45) is 0. The first-order valence-corrected chi connectivity index (χ1v) is 7.27. The minimum atomic E-state index is -0.512. The van der Waals surface area contributed by atoms with Crippen LogP contribution >= 0.6 is 11.8 Å². The zero-order chi connectivity index (χ0) is 16.3. The lowest BCUT2D eigenvalue weighted by Gasteiger charge is -2.08. The van der Waals surface area contributed by atoms with E-state index in [0.29, 0.717) is 5.16 Å². The summed E-state index contributed by atoms with van der Waals surface area (Å²) < 4.78 is 1.44. The molecule has 1 heterocycles. The van der Waals surface area contributed by atoms with Crippen LogP contribution in [0.3, 0.4) is 0 Å². The molecule has 9 nitrogen and oxygen atoms in total. The summed E-state index contributed by atoms with van der Waals surface area (Å²) in [4.78, 5) is 22.5. The zero-order valence-electron chi connectivity index (χ0n) is 12.2. The molecule has 0 spiro atoms. The Kier molecular flexibility index (Phi) is 4.71. The molecule has 1 aromatic carbocycles. The van der Waals surface area contributed by atoms with Gasteiger partial charge in [0, 0.05) is 13.1 Å². The number of carbonyl (C=O) groups is 1. The molecule has 1 aromatic heterocycles. The van der Waals surface area contributed by atoms with E-state index in [1.54, 1.807) is 20.0 Å². The molecule has 22 heavy (non-hydrogen) atoms. The van der Waals surface area contributed by atoms with E-state index in [-0.39, 0.29) is 23.0 Å². The van der Waals surface area contributed by atoms with E-state index in [2.05, 4.69) is 20.8 Å². The van der Waals surface area contributed by atoms with E-state index in [4.69, 9.17) is 0 Å². The van der Waals surface area contributed by atoms with Gasteiger partial charge in [0.2, 0.25) is 11.1 Å². The summed E-state index contributed by atoms with van der Waals surface area (Å²) in [5, 5.41) is 25.0. The monoisotopic (exact) mass is 322 g/mol. The number of aryl methyl sites for hydroxylation is 3. The number of thioether (sulfide) groups is 1. The average Bonchev–Trinajstić information content (AvgIpc) is 2.85. The highest BCUT2D eigenvalue weighted by Gasteiger charge is 2.18. The molecule has 0 aliphatic carbocycles. The Balaban J connectivity index is 2.09. The molecule has 0 atom stereocenters. The Hall–Kier alpha value is -2.49. The van der Waals surface area contributed by atoms with Gasteiger partial charge in [-0.2, -0.15) is 0 Å². The van der Waals surface area contributed by atoms with E-state index >= 15 is 0 Å². The van der Waals surface area contributed by atoms with Gasteiger partial charge >= 0.3 is 0 Å². The van der Waals surface area contributed by atoms with Gasteiger partial charge in [-0.05, 0) is 41.5 Å². The third-order valence-electron chi connectivity index (χ3n) is 3.00. The van der Waals surface area contributed by atoms with Crippen LogP contribution in [0, 0.1) is 24.0 Å². The number of nitro benzene ring substituents is 1. The summed E-state index contributed by atoms with van der Waals surface area (Å²) in [6, 6.07) is 3.05. The van der Waals surface area contributed by atoms with Crippen molar-refractivity contribution < 1.29 is 9.72 Å². The van der Waals surface area contributed by atoms with Crippen LogP contribution in [-0.4, -0.2) is 36.8 Å². The van der Waals surface area contributed by atoms with Crippen molar-refractivity contribution in [1.29, 1.82) is 0 Å². The van der Waals surface area contributed by atoms with Crippen LogP contribution in [-0.2, 0) is 11.8 Å². The first-order chi connectivity index (χ1) is 10.4. The largest absolute Gasteiger partial charge is 0.320 e. The molecule has 0 bridgehead atoms. The van der Waals surface area contributed by atoms with Crippen molar-refractivity contribution in [3.05, 3.63) is 33.4 Å². The third kappa shape index (κ3) is 3.58. The van der Waals surface area contributed by atoms with Crippen LogP contribution in [0.5, 0.6) is 0 Å². The molecule has 10 heteroatoms. The smallest absolute Gasteiger partial charge is 0.293 e. The third-order valence-corrected chi connectivity index (χ3v) is 4.01. The molecule has 116 valence electrons. The van der Waals surface area contributed by atoms with Crippen molar-refractivity contribution in [2.75, 3.05) is 11.1 Å². The highest BCUT2D eigenvalue weighted by Crippen LogP contribution is 2.28. The van der Waals surface area contributed by atoms with Gasteiger partial charge in [-0.3, -0.25) is 14.9 Å². The van der Waals surface area contributed by atoms with Crippen molar-refractivity contribution in [3.8, 4) is 0 Å². The van der Waals surface area contributed by atoms with Gasteiger partial charge < -0.3 is 5.32 Å². The van der Waals surface area contributed by atoms with Gasteiger partial charge in [-0.15, -0.1) is 5.10 Å². The van der Waals surface area contributed by atoms with Crippen LogP contribution in [0.25, 0.3) is 0 Å². The minimum Gasteiger partial charge on any atom is -0.320 e. The van der Waals surface area contributed by atoms with E-state index in [9.17, 15) is 14.9 Å². The fourth-order valence-corrected chi connectivity index (χ4v) is 2.36. The second kappa shape index (κ2) is 6.52. The summed E-state index contributed by atoms with van der Waals surface area (Å²) in [5.41, 5.74) is 1.73. The lowest BCUT2D eigenvalue weighted by Crippen LogP contribution is -2.16. The summed E-state index contributed by atoms with van der Waals surface area (Å²) in [7, 11) is 1.66. The molecule has 2 aromatic rings. The lowest BCUT2D eigenvalue weighted by molar-refractivity contribution is -0.384. The molecular formula is C12H14N6O3S. The number of tetrazole rings is 1. The molecule has 0 unspecified atom stereocenters. The van der Waals surface area contributed by atoms with Gasteiger partial charge in [0.05, 0.1) is 10.7 Å². The van der Waals surface area contributed by atoms with Gasteiger partial charge in [-0.25, -0.2) is 4.68 Å². The standard InChI is InChI=1S/C12H14N6O3S/c1-7-4-9(10(18(20)21)5-8(7)2)13-11(19)6-22-12-14-15-16-17(12)3/h4-5H,6H2,1-3H3,(H,13,19). The molecular weight excluding hydrogens is 308 g/mol. The number of amides is 1. The molecule has 1 N–H and O–H groups in total. The summed E-state index contributed by atoms with van der Waals surface area (Å²) in [6.45, 7) is 3.61. The van der Waals surface area contributed by atoms with E-state index in [0.717, 1.165) is 22.9 Å². The van der Waals surface area contributed by atoms with Crippen molar-refractivity contribution in [2.24, 2.45) is 7.05 Å². The number of nitrogens with one attached hydrogen (secondary N) is 1. The Labute approximate surface area is 130 Å². The van der Waals surface area contributed by atoms with Crippen molar-refractivity contribution in [2.45, 2.75) is 19.0 Å². The SMILES string of the molecule is Cc1cc(NC(=O)CSc2nnnn2C)c([N+](=O)[O-])cc1C. The lowest BCUT2D eigenvalue weighted by atomic mass is 10.1. The number of nitrogens with zero attached hydrogens (tertiary/aromatic N) is 5. The predicted octanol–water partition coefficient (Wildman–Crippen LogP) is 1.47. The predicted molar refractivity (Wildman–Crippen MR) is 80.7 cm³/mol. The van der Waals surface area contributed by atoms with Gasteiger partial charge in [0.1, 0.15) is 5.69 Å². The van der Waals surface area contributed by atoms with E-state index < -0.39 is 4.92 Å². The zero-order valence-corrected chi connectivity index (χ0v) is 13.0. The number of benzene rings is 1.